The Morgan fingerprint density at radius 1 is 1.12 bits per heavy atom. The Morgan fingerprint density at radius 3 is 2.42 bits per heavy atom. The number of methoxy groups -OCH3 is 1. The summed E-state index contributed by atoms with van der Waals surface area (Å²) in [6, 6.07) is 8.24. The summed E-state index contributed by atoms with van der Waals surface area (Å²) in [6.45, 7) is 11.2. The summed E-state index contributed by atoms with van der Waals surface area (Å²) in [4.78, 5) is 16.8. The van der Waals surface area contributed by atoms with Crippen LogP contribution < -0.4 is 4.74 Å². The summed E-state index contributed by atoms with van der Waals surface area (Å²) < 4.78 is 5.41. The van der Waals surface area contributed by atoms with Crippen LogP contribution >= 0.6 is 0 Å². The van der Waals surface area contributed by atoms with E-state index in [4.69, 9.17) is 4.74 Å². The Balaban J connectivity index is 1.71. The van der Waals surface area contributed by atoms with Crippen LogP contribution in [0.4, 0.5) is 0 Å². The molecule has 0 spiro atoms. The van der Waals surface area contributed by atoms with Crippen LogP contribution in [0.5, 0.6) is 5.75 Å². The monoisotopic (exact) mass is 332 g/mol. The zero-order valence-electron chi connectivity index (χ0n) is 15.7. The number of amides is 1. The Labute approximate surface area is 146 Å². The second-order valence-electron chi connectivity index (χ2n) is 7.88. The second kappa shape index (κ2) is 8.52. The zero-order valence-corrected chi connectivity index (χ0v) is 15.7. The maximum absolute atomic E-state index is 12.3. The minimum absolute atomic E-state index is 0.0724. The number of aryl methyl sites for hydroxylation is 1. The first-order valence-electron chi connectivity index (χ1n) is 9.01. The molecule has 4 heteroatoms. The standard InChI is InChI=1S/C20H32N2O2/c1-20(2,3)16-19(23)22-14-12-21(13-15-22)11-7-9-17-8-5-6-10-18(17)24-4/h5-6,8,10H,7,9,11-16H2,1-4H3. The zero-order chi connectivity index (χ0) is 17.6. The third-order valence-corrected chi connectivity index (χ3v) is 4.52. The number of hydrogen-bond acceptors (Lipinski definition) is 3. The Bertz CT molecular complexity index is 529. The van der Waals surface area contributed by atoms with Crippen LogP contribution in [0.25, 0.3) is 0 Å². The lowest BCUT2D eigenvalue weighted by atomic mass is 9.91. The predicted octanol–water partition coefficient (Wildman–Crippen LogP) is 3.21. The van der Waals surface area contributed by atoms with Crippen LogP contribution in [0.2, 0.25) is 0 Å². The molecule has 134 valence electrons. The number of hydrogen-bond donors (Lipinski definition) is 0. The molecule has 0 unspecified atom stereocenters. The predicted molar refractivity (Wildman–Crippen MR) is 98.4 cm³/mol. The van der Waals surface area contributed by atoms with Gasteiger partial charge in [0.25, 0.3) is 0 Å². The summed E-state index contributed by atoms with van der Waals surface area (Å²) in [5.41, 5.74) is 1.35. The minimum Gasteiger partial charge on any atom is -0.496 e. The molecule has 0 N–H and O–H groups in total. The number of benzene rings is 1. The molecule has 1 fully saturated rings. The number of rotatable bonds is 6. The van der Waals surface area contributed by atoms with E-state index in [0.29, 0.717) is 12.3 Å². The lowest BCUT2D eigenvalue weighted by Gasteiger charge is -2.36. The number of nitrogens with zero attached hydrogens (tertiary/aromatic N) is 2. The van der Waals surface area contributed by atoms with Gasteiger partial charge >= 0.3 is 0 Å². The molecular formula is C20H32N2O2. The number of carbonyl (C=O) groups excluding carboxylic acids is 1. The van der Waals surface area contributed by atoms with Crippen molar-refractivity contribution in [1.29, 1.82) is 0 Å². The van der Waals surface area contributed by atoms with Crippen molar-refractivity contribution in [1.82, 2.24) is 9.80 Å². The smallest absolute Gasteiger partial charge is 0.223 e. The second-order valence-corrected chi connectivity index (χ2v) is 7.88. The van der Waals surface area contributed by atoms with Gasteiger partial charge in [-0.25, -0.2) is 0 Å². The molecule has 1 heterocycles. The van der Waals surface area contributed by atoms with E-state index in [-0.39, 0.29) is 5.41 Å². The van der Waals surface area contributed by atoms with Crippen LogP contribution in [0.3, 0.4) is 0 Å². The summed E-state index contributed by atoms with van der Waals surface area (Å²) in [5.74, 6) is 1.28. The molecular weight excluding hydrogens is 300 g/mol. The molecule has 0 bridgehead atoms. The first-order chi connectivity index (χ1) is 11.4. The van der Waals surface area contributed by atoms with Crippen molar-refractivity contribution >= 4 is 5.91 Å². The third-order valence-electron chi connectivity index (χ3n) is 4.52. The van der Waals surface area contributed by atoms with Crippen molar-refractivity contribution in [2.24, 2.45) is 5.41 Å². The Hall–Kier alpha value is -1.55. The Kier molecular flexibility index (Phi) is 6.67. The molecule has 1 aromatic carbocycles. The van der Waals surface area contributed by atoms with E-state index in [0.717, 1.165) is 51.3 Å². The molecule has 1 amide bonds. The van der Waals surface area contributed by atoms with E-state index >= 15 is 0 Å². The van der Waals surface area contributed by atoms with E-state index in [2.05, 4.69) is 37.8 Å². The highest BCUT2D eigenvalue weighted by molar-refractivity contribution is 5.76. The van der Waals surface area contributed by atoms with Crippen molar-refractivity contribution in [2.75, 3.05) is 39.8 Å². The van der Waals surface area contributed by atoms with Gasteiger partial charge in [-0.3, -0.25) is 9.69 Å². The molecule has 0 atom stereocenters. The molecule has 0 radical (unpaired) electrons. The average Bonchev–Trinajstić information content (AvgIpc) is 2.54. The van der Waals surface area contributed by atoms with E-state index < -0.39 is 0 Å². The molecule has 0 aliphatic carbocycles. The number of piperazine rings is 1. The highest BCUT2D eigenvalue weighted by atomic mass is 16.5. The van der Waals surface area contributed by atoms with Crippen molar-refractivity contribution in [3.63, 3.8) is 0 Å². The first kappa shape index (κ1) is 18.8. The van der Waals surface area contributed by atoms with Gasteiger partial charge in [-0.1, -0.05) is 39.0 Å². The van der Waals surface area contributed by atoms with Gasteiger partial charge in [0.2, 0.25) is 5.91 Å². The van der Waals surface area contributed by atoms with E-state index in [1.165, 1.54) is 5.56 Å². The van der Waals surface area contributed by atoms with Gasteiger partial charge in [0.1, 0.15) is 5.75 Å². The SMILES string of the molecule is COc1ccccc1CCCN1CCN(C(=O)CC(C)(C)C)CC1. The maximum Gasteiger partial charge on any atom is 0.223 e. The van der Waals surface area contributed by atoms with Crippen molar-refractivity contribution in [2.45, 2.75) is 40.0 Å². The third kappa shape index (κ3) is 5.82. The lowest BCUT2D eigenvalue weighted by Crippen LogP contribution is -2.49. The van der Waals surface area contributed by atoms with Gasteiger partial charge < -0.3 is 9.64 Å². The quantitative estimate of drug-likeness (QED) is 0.802. The van der Waals surface area contributed by atoms with Gasteiger partial charge in [-0.2, -0.15) is 0 Å². The molecule has 24 heavy (non-hydrogen) atoms. The van der Waals surface area contributed by atoms with Gasteiger partial charge in [-0.05, 0) is 36.4 Å². The van der Waals surface area contributed by atoms with Crippen molar-refractivity contribution < 1.29 is 9.53 Å². The van der Waals surface area contributed by atoms with Gasteiger partial charge in [0.05, 0.1) is 7.11 Å². The van der Waals surface area contributed by atoms with Crippen LogP contribution in [0.1, 0.15) is 39.2 Å². The number of carbonyl (C=O) groups is 1. The van der Waals surface area contributed by atoms with E-state index in [1.54, 1.807) is 7.11 Å². The summed E-state index contributed by atoms with van der Waals surface area (Å²) in [7, 11) is 1.73. The molecule has 1 saturated heterocycles. The molecule has 1 aromatic rings. The average molecular weight is 332 g/mol. The summed E-state index contributed by atoms with van der Waals surface area (Å²) >= 11 is 0. The normalized spacial score (nSPS) is 16.2. The maximum atomic E-state index is 12.3. The molecule has 0 saturated carbocycles. The van der Waals surface area contributed by atoms with Crippen molar-refractivity contribution in [3.05, 3.63) is 29.8 Å². The van der Waals surface area contributed by atoms with Gasteiger partial charge in [0.15, 0.2) is 0 Å². The highest BCUT2D eigenvalue weighted by Crippen LogP contribution is 2.21. The van der Waals surface area contributed by atoms with Crippen LogP contribution in [0.15, 0.2) is 24.3 Å². The van der Waals surface area contributed by atoms with Crippen molar-refractivity contribution in [3.8, 4) is 5.75 Å². The van der Waals surface area contributed by atoms with Crippen LogP contribution in [-0.2, 0) is 11.2 Å². The first-order valence-corrected chi connectivity index (χ1v) is 9.01. The van der Waals surface area contributed by atoms with Gasteiger partial charge in [0, 0.05) is 32.6 Å². The molecule has 4 nitrogen and oxygen atoms in total. The lowest BCUT2D eigenvalue weighted by molar-refractivity contribution is -0.134. The fraction of sp³-hybridized carbons (Fsp3) is 0.650. The largest absolute Gasteiger partial charge is 0.496 e. The summed E-state index contributed by atoms with van der Waals surface area (Å²) in [5, 5.41) is 0. The fourth-order valence-electron chi connectivity index (χ4n) is 3.19. The minimum atomic E-state index is 0.0724. The Morgan fingerprint density at radius 2 is 1.79 bits per heavy atom. The van der Waals surface area contributed by atoms with Gasteiger partial charge in [-0.15, -0.1) is 0 Å². The molecule has 0 aromatic heterocycles. The molecule has 2 rings (SSSR count). The number of para-hydroxylation sites is 1. The van der Waals surface area contributed by atoms with Crippen LogP contribution in [-0.4, -0.2) is 55.5 Å². The highest BCUT2D eigenvalue weighted by Gasteiger charge is 2.24. The molecule has 1 aliphatic rings. The summed E-state index contributed by atoms with van der Waals surface area (Å²) in [6.07, 6.45) is 2.80. The van der Waals surface area contributed by atoms with E-state index in [9.17, 15) is 4.79 Å². The molecule has 1 aliphatic heterocycles. The topological polar surface area (TPSA) is 32.8 Å². The fourth-order valence-corrected chi connectivity index (χ4v) is 3.19. The van der Waals surface area contributed by atoms with E-state index in [1.807, 2.05) is 17.0 Å². The van der Waals surface area contributed by atoms with Crippen LogP contribution in [0, 0.1) is 5.41 Å². The number of ether oxygens (including phenoxy) is 1.